The minimum absolute atomic E-state index is 0.272. The van der Waals surface area contributed by atoms with E-state index < -0.39 is 5.97 Å². The number of benzene rings is 1. The first-order valence-corrected chi connectivity index (χ1v) is 7.13. The van der Waals surface area contributed by atoms with Gasteiger partial charge in [0, 0.05) is 19.3 Å². The molecule has 0 spiro atoms. The van der Waals surface area contributed by atoms with Gasteiger partial charge in [-0.15, -0.1) is 0 Å². The van der Waals surface area contributed by atoms with Crippen molar-refractivity contribution >= 4 is 28.3 Å². The molecule has 1 fully saturated rings. The van der Waals surface area contributed by atoms with Crippen LogP contribution in [0.25, 0.3) is 16.6 Å². The molecular formula is C16H15N3O2. The minimum Gasteiger partial charge on any atom is -0.478 e. The van der Waals surface area contributed by atoms with Crippen molar-refractivity contribution in [2.75, 3.05) is 18.0 Å². The van der Waals surface area contributed by atoms with Gasteiger partial charge in [-0.2, -0.15) is 0 Å². The maximum atomic E-state index is 11.2. The topological polar surface area (TPSA) is 57.8 Å². The van der Waals surface area contributed by atoms with Crippen LogP contribution < -0.4 is 4.90 Å². The lowest BCUT2D eigenvalue weighted by molar-refractivity contribution is 0.0697. The van der Waals surface area contributed by atoms with Gasteiger partial charge in [-0.3, -0.25) is 0 Å². The molecule has 5 nitrogen and oxygen atoms in total. The summed E-state index contributed by atoms with van der Waals surface area (Å²) in [6, 6.07) is 9.16. The zero-order valence-electron chi connectivity index (χ0n) is 11.5. The molecule has 0 aliphatic carbocycles. The first kappa shape index (κ1) is 12.2. The lowest BCUT2D eigenvalue weighted by atomic mass is 10.2. The minimum atomic E-state index is -0.922. The van der Waals surface area contributed by atoms with Crippen molar-refractivity contribution in [2.24, 2.45) is 0 Å². The van der Waals surface area contributed by atoms with Gasteiger partial charge >= 0.3 is 5.97 Å². The highest BCUT2D eigenvalue weighted by atomic mass is 16.4. The molecule has 1 aliphatic heterocycles. The lowest BCUT2D eigenvalue weighted by Gasteiger charge is -2.19. The second kappa shape index (κ2) is 4.48. The van der Waals surface area contributed by atoms with Gasteiger partial charge in [0.05, 0.1) is 22.1 Å². The summed E-state index contributed by atoms with van der Waals surface area (Å²) in [4.78, 5) is 18.2. The third-order valence-corrected chi connectivity index (χ3v) is 4.09. The summed E-state index contributed by atoms with van der Waals surface area (Å²) in [6.45, 7) is 2.02. The summed E-state index contributed by atoms with van der Waals surface area (Å²) in [6.07, 6.45) is 4.36. The Morgan fingerprint density at radius 3 is 2.71 bits per heavy atom. The molecule has 1 aromatic carbocycles. The van der Waals surface area contributed by atoms with Crippen molar-refractivity contribution in [1.82, 2.24) is 9.38 Å². The molecule has 2 aromatic heterocycles. The average Bonchev–Trinajstić information content (AvgIpc) is 3.17. The van der Waals surface area contributed by atoms with Crippen LogP contribution in [-0.2, 0) is 0 Å². The van der Waals surface area contributed by atoms with Crippen molar-refractivity contribution < 1.29 is 9.90 Å². The molecule has 1 aliphatic rings. The number of aromatic nitrogens is 2. The highest BCUT2D eigenvalue weighted by Gasteiger charge is 2.18. The van der Waals surface area contributed by atoms with Gasteiger partial charge in [-0.05, 0) is 43.2 Å². The van der Waals surface area contributed by atoms with Crippen LogP contribution in [0.15, 0.2) is 36.5 Å². The molecule has 0 radical (unpaired) electrons. The number of carbonyl (C=O) groups is 1. The van der Waals surface area contributed by atoms with E-state index in [-0.39, 0.29) is 5.56 Å². The third kappa shape index (κ3) is 1.85. The molecule has 106 valence electrons. The van der Waals surface area contributed by atoms with Gasteiger partial charge in [-0.1, -0.05) is 0 Å². The fourth-order valence-corrected chi connectivity index (χ4v) is 3.06. The maximum absolute atomic E-state index is 11.2. The Morgan fingerprint density at radius 2 is 1.95 bits per heavy atom. The summed E-state index contributed by atoms with van der Waals surface area (Å²) in [5.41, 5.74) is 3.00. The van der Waals surface area contributed by atoms with Gasteiger partial charge in [0.2, 0.25) is 0 Å². The smallest absolute Gasteiger partial charge is 0.335 e. The monoisotopic (exact) mass is 281 g/mol. The maximum Gasteiger partial charge on any atom is 0.335 e. The normalized spacial score (nSPS) is 15.1. The summed E-state index contributed by atoms with van der Waals surface area (Å²) >= 11 is 0. The Morgan fingerprint density at radius 1 is 1.14 bits per heavy atom. The quantitative estimate of drug-likeness (QED) is 0.784. The van der Waals surface area contributed by atoms with Gasteiger partial charge in [0.1, 0.15) is 0 Å². The lowest BCUT2D eigenvalue weighted by Crippen LogP contribution is -2.20. The number of rotatable bonds is 2. The Balaban J connectivity index is 2.02. The summed E-state index contributed by atoms with van der Waals surface area (Å²) in [5.74, 6) is 0.0292. The van der Waals surface area contributed by atoms with E-state index in [1.165, 1.54) is 12.8 Å². The molecule has 0 amide bonds. The molecule has 3 heterocycles. The second-order valence-electron chi connectivity index (χ2n) is 5.40. The predicted molar refractivity (Wildman–Crippen MR) is 81.1 cm³/mol. The van der Waals surface area contributed by atoms with E-state index in [0.717, 1.165) is 35.5 Å². The van der Waals surface area contributed by atoms with Gasteiger partial charge < -0.3 is 14.4 Å². The molecule has 0 atom stereocenters. The first-order chi connectivity index (χ1) is 10.2. The Bertz CT molecular complexity index is 847. The number of fused-ring (bicyclic) bond motifs is 3. The molecule has 21 heavy (non-hydrogen) atoms. The molecule has 1 saturated heterocycles. The molecule has 5 heteroatoms. The molecule has 4 rings (SSSR count). The highest BCUT2D eigenvalue weighted by Crippen LogP contribution is 2.28. The SMILES string of the molecule is O=C(O)c1ccc2c(c1)nc(N1CCCC1)c1cccn12. The number of hydrogen-bond donors (Lipinski definition) is 1. The van der Waals surface area contributed by atoms with Crippen molar-refractivity contribution in [3.8, 4) is 0 Å². The molecule has 0 bridgehead atoms. The third-order valence-electron chi connectivity index (χ3n) is 4.09. The van der Waals surface area contributed by atoms with Crippen LogP contribution in [0.4, 0.5) is 5.82 Å². The first-order valence-electron chi connectivity index (χ1n) is 7.13. The standard InChI is InChI=1S/C16H15N3O2/c20-16(21)11-5-6-13-12(10-11)17-15(18-7-1-2-8-18)14-4-3-9-19(13)14/h3-6,9-10H,1-2,7-8H2,(H,20,21). The average molecular weight is 281 g/mol. The second-order valence-corrected chi connectivity index (χ2v) is 5.40. The number of nitrogens with zero attached hydrogens (tertiary/aromatic N) is 3. The van der Waals surface area contributed by atoms with Crippen LogP contribution in [0.1, 0.15) is 23.2 Å². The van der Waals surface area contributed by atoms with Crippen LogP contribution in [0.2, 0.25) is 0 Å². The predicted octanol–water partition coefficient (Wildman–Crippen LogP) is 2.79. The van der Waals surface area contributed by atoms with E-state index in [1.54, 1.807) is 12.1 Å². The fourth-order valence-electron chi connectivity index (χ4n) is 3.06. The summed E-state index contributed by atoms with van der Waals surface area (Å²) in [7, 11) is 0. The number of hydrogen-bond acceptors (Lipinski definition) is 3. The van der Waals surface area contributed by atoms with E-state index in [0.29, 0.717) is 0 Å². The van der Waals surface area contributed by atoms with Gasteiger partial charge in [-0.25, -0.2) is 9.78 Å². The van der Waals surface area contributed by atoms with Crippen molar-refractivity contribution in [1.29, 1.82) is 0 Å². The molecular weight excluding hydrogens is 266 g/mol. The van der Waals surface area contributed by atoms with Crippen molar-refractivity contribution in [2.45, 2.75) is 12.8 Å². The van der Waals surface area contributed by atoms with Crippen molar-refractivity contribution in [3.63, 3.8) is 0 Å². The van der Waals surface area contributed by atoms with Crippen LogP contribution in [0.5, 0.6) is 0 Å². The molecule has 0 saturated carbocycles. The Hall–Kier alpha value is -2.56. The molecule has 1 N–H and O–H groups in total. The number of aromatic carboxylic acids is 1. The van der Waals surface area contributed by atoms with Gasteiger partial charge in [0.15, 0.2) is 5.82 Å². The van der Waals surface area contributed by atoms with Crippen LogP contribution in [0.3, 0.4) is 0 Å². The number of carboxylic acid groups (broad SMARTS) is 1. The highest BCUT2D eigenvalue weighted by molar-refractivity contribution is 5.94. The summed E-state index contributed by atoms with van der Waals surface area (Å²) in [5, 5.41) is 9.15. The Labute approximate surface area is 121 Å². The van der Waals surface area contributed by atoms with Crippen LogP contribution >= 0.6 is 0 Å². The zero-order chi connectivity index (χ0) is 14.4. The largest absolute Gasteiger partial charge is 0.478 e. The fraction of sp³-hybridized carbons (Fsp3) is 0.250. The van der Waals surface area contributed by atoms with Crippen LogP contribution in [0, 0.1) is 0 Å². The van der Waals surface area contributed by atoms with E-state index in [1.807, 2.05) is 18.3 Å². The number of carboxylic acids is 1. The summed E-state index contributed by atoms with van der Waals surface area (Å²) < 4.78 is 2.08. The Kier molecular flexibility index (Phi) is 2.60. The molecule has 0 unspecified atom stereocenters. The number of anilines is 1. The van der Waals surface area contributed by atoms with Gasteiger partial charge in [0.25, 0.3) is 0 Å². The van der Waals surface area contributed by atoms with E-state index in [9.17, 15) is 4.79 Å². The van der Waals surface area contributed by atoms with Crippen LogP contribution in [-0.4, -0.2) is 33.6 Å². The zero-order valence-corrected chi connectivity index (χ0v) is 11.5. The van der Waals surface area contributed by atoms with Crippen molar-refractivity contribution in [3.05, 3.63) is 42.1 Å². The van der Waals surface area contributed by atoms with E-state index in [4.69, 9.17) is 10.1 Å². The molecule has 3 aromatic rings. The van der Waals surface area contributed by atoms with E-state index >= 15 is 0 Å². The van der Waals surface area contributed by atoms with E-state index in [2.05, 4.69) is 15.4 Å².